The predicted molar refractivity (Wildman–Crippen MR) is 87.5 cm³/mol. The number of nitrogens with one attached hydrogen (secondary N) is 2. The maximum Gasteiger partial charge on any atom is 0.326 e. The SMILES string of the molecule is CC[C@H](C)[C@H](NC(=O)[C@H](CCCCN)NC(=O)[C@H](C)N)C(=O)O. The predicted octanol–water partition coefficient (Wildman–Crippen LogP) is -0.437. The first-order valence-electron chi connectivity index (χ1n) is 8.03. The van der Waals surface area contributed by atoms with Gasteiger partial charge in [0.2, 0.25) is 11.8 Å². The largest absolute Gasteiger partial charge is 0.480 e. The van der Waals surface area contributed by atoms with E-state index in [2.05, 4.69) is 10.6 Å². The van der Waals surface area contributed by atoms with Crippen LogP contribution in [0, 0.1) is 5.92 Å². The van der Waals surface area contributed by atoms with E-state index in [9.17, 15) is 19.5 Å². The number of unbranched alkanes of at least 4 members (excludes halogenated alkanes) is 1. The van der Waals surface area contributed by atoms with Crippen molar-refractivity contribution >= 4 is 17.8 Å². The zero-order valence-corrected chi connectivity index (χ0v) is 14.2. The van der Waals surface area contributed by atoms with E-state index in [0.717, 1.165) is 0 Å². The molecule has 0 saturated carbocycles. The van der Waals surface area contributed by atoms with Crippen molar-refractivity contribution in [1.29, 1.82) is 0 Å². The highest BCUT2D eigenvalue weighted by molar-refractivity contribution is 5.91. The number of aliphatic carboxylic acids is 1. The summed E-state index contributed by atoms with van der Waals surface area (Å²) in [4.78, 5) is 35.4. The van der Waals surface area contributed by atoms with E-state index >= 15 is 0 Å². The third-order valence-electron chi connectivity index (χ3n) is 3.77. The molecule has 2 amide bonds. The highest BCUT2D eigenvalue weighted by atomic mass is 16.4. The third kappa shape index (κ3) is 7.94. The monoisotopic (exact) mass is 330 g/mol. The van der Waals surface area contributed by atoms with Crippen molar-refractivity contribution in [3.05, 3.63) is 0 Å². The molecule has 23 heavy (non-hydrogen) atoms. The topological polar surface area (TPSA) is 148 Å². The molecule has 0 aromatic rings. The zero-order chi connectivity index (χ0) is 18.0. The van der Waals surface area contributed by atoms with Crippen LogP contribution in [0.5, 0.6) is 0 Å². The number of hydrogen-bond donors (Lipinski definition) is 5. The van der Waals surface area contributed by atoms with Crippen LogP contribution in [-0.2, 0) is 14.4 Å². The van der Waals surface area contributed by atoms with Crippen molar-refractivity contribution in [2.24, 2.45) is 17.4 Å². The van der Waals surface area contributed by atoms with Gasteiger partial charge in [0.15, 0.2) is 0 Å². The molecular weight excluding hydrogens is 300 g/mol. The summed E-state index contributed by atoms with van der Waals surface area (Å²) < 4.78 is 0. The smallest absolute Gasteiger partial charge is 0.326 e. The summed E-state index contributed by atoms with van der Waals surface area (Å²) >= 11 is 0. The van der Waals surface area contributed by atoms with Crippen molar-refractivity contribution in [2.45, 2.75) is 64.6 Å². The second kappa shape index (κ2) is 11.0. The fraction of sp³-hybridized carbons (Fsp3) is 0.800. The number of carboxylic acids is 1. The summed E-state index contributed by atoms with van der Waals surface area (Å²) in [7, 11) is 0. The minimum atomic E-state index is -1.09. The quantitative estimate of drug-likeness (QED) is 0.324. The Bertz CT molecular complexity index is 401. The van der Waals surface area contributed by atoms with Gasteiger partial charge in [-0.1, -0.05) is 20.3 Å². The van der Waals surface area contributed by atoms with Gasteiger partial charge in [-0.15, -0.1) is 0 Å². The van der Waals surface area contributed by atoms with Crippen LogP contribution < -0.4 is 22.1 Å². The molecule has 7 N–H and O–H groups in total. The highest BCUT2D eigenvalue weighted by Gasteiger charge is 2.29. The Hall–Kier alpha value is -1.67. The van der Waals surface area contributed by atoms with E-state index in [1.807, 2.05) is 6.92 Å². The number of hydrogen-bond acceptors (Lipinski definition) is 5. The van der Waals surface area contributed by atoms with E-state index in [1.54, 1.807) is 6.92 Å². The molecule has 8 heteroatoms. The molecule has 0 aliphatic rings. The standard InChI is InChI=1S/C15H30N4O4/c1-4-9(2)12(15(22)23)19-14(21)11(7-5-6-8-16)18-13(20)10(3)17/h9-12H,4-8,16-17H2,1-3H3,(H,18,20)(H,19,21)(H,22,23)/t9-,10-,11-,12-/m0/s1. The lowest BCUT2D eigenvalue weighted by molar-refractivity contribution is -0.143. The maximum atomic E-state index is 12.4. The van der Waals surface area contributed by atoms with Gasteiger partial charge in [-0.3, -0.25) is 9.59 Å². The lowest BCUT2D eigenvalue weighted by Crippen LogP contribution is -2.55. The molecule has 0 unspecified atom stereocenters. The van der Waals surface area contributed by atoms with E-state index in [1.165, 1.54) is 6.92 Å². The van der Waals surface area contributed by atoms with Crippen LogP contribution in [0.3, 0.4) is 0 Å². The van der Waals surface area contributed by atoms with E-state index in [0.29, 0.717) is 32.2 Å². The van der Waals surface area contributed by atoms with Gasteiger partial charge in [-0.05, 0) is 38.6 Å². The van der Waals surface area contributed by atoms with Crippen LogP contribution in [0.4, 0.5) is 0 Å². The van der Waals surface area contributed by atoms with E-state index < -0.39 is 35.9 Å². The van der Waals surface area contributed by atoms with Gasteiger partial charge in [0, 0.05) is 0 Å². The first-order chi connectivity index (χ1) is 10.7. The van der Waals surface area contributed by atoms with Crippen LogP contribution in [0.1, 0.15) is 46.5 Å². The van der Waals surface area contributed by atoms with Crippen molar-refractivity contribution in [3.8, 4) is 0 Å². The first-order valence-corrected chi connectivity index (χ1v) is 8.03. The first kappa shape index (κ1) is 21.3. The normalized spacial score (nSPS) is 16.0. The molecule has 0 aliphatic carbocycles. The van der Waals surface area contributed by atoms with Gasteiger partial charge < -0.3 is 27.2 Å². The highest BCUT2D eigenvalue weighted by Crippen LogP contribution is 2.09. The van der Waals surface area contributed by atoms with Crippen molar-refractivity contribution < 1.29 is 19.5 Å². The number of carbonyl (C=O) groups is 3. The molecule has 0 bridgehead atoms. The second-order valence-electron chi connectivity index (χ2n) is 5.84. The molecule has 0 aromatic heterocycles. The maximum absolute atomic E-state index is 12.4. The summed E-state index contributed by atoms with van der Waals surface area (Å²) in [6.07, 6.45) is 2.36. The van der Waals surface area contributed by atoms with Crippen LogP contribution in [0.25, 0.3) is 0 Å². The molecule has 8 nitrogen and oxygen atoms in total. The molecule has 0 radical (unpaired) electrons. The number of rotatable bonds is 11. The van der Waals surface area contributed by atoms with E-state index in [4.69, 9.17) is 11.5 Å². The van der Waals surface area contributed by atoms with Gasteiger partial charge in [-0.2, -0.15) is 0 Å². The Morgan fingerprint density at radius 1 is 1.09 bits per heavy atom. The molecule has 0 saturated heterocycles. The number of carbonyl (C=O) groups excluding carboxylic acids is 2. The summed E-state index contributed by atoms with van der Waals surface area (Å²) in [6, 6.07) is -2.55. The molecule has 0 aromatic carbocycles. The summed E-state index contributed by atoms with van der Waals surface area (Å²) in [5.41, 5.74) is 10.9. The molecular formula is C15H30N4O4. The Balaban J connectivity index is 4.94. The molecule has 0 rings (SSSR count). The average molecular weight is 330 g/mol. The summed E-state index contributed by atoms with van der Waals surface area (Å²) in [6.45, 7) is 5.61. The van der Waals surface area contributed by atoms with Gasteiger partial charge in [-0.25, -0.2) is 4.79 Å². The Morgan fingerprint density at radius 2 is 1.70 bits per heavy atom. The number of nitrogens with two attached hydrogens (primary N) is 2. The van der Waals surface area contributed by atoms with Crippen LogP contribution in [0.2, 0.25) is 0 Å². The fourth-order valence-corrected chi connectivity index (χ4v) is 2.00. The Morgan fingerprint density at radius 3 is 2.13 bits per heavy atom. The van der Waals surface area contributed by atoms with E-state index in [-0.39, 0.29) is 5.92 Å². The van der Waals surface area contributed by atoms with Crippen molar-refractivity contribution in [3.63, 3.8) is 0 Å². The lowest BCUT2D eigenvalue weighted by Gasteiger charge is -2.24. The Kier molecular flexibility index (Phi) is 10.2. The molecule has 4 atom stereocenters. The Labute approximate surface area is 137 Å². The zero-order valence-electron chi connectivity index (χ0n) is 14.2. The molecule has 0 fully saturated rings. The summed E-state index contributed by atoms with van der Waals surface area (Å²) in [5, 5.41) is 14.3. The van der Waals surface area contributed by atoms with Gasteiger partial charge in [0.05, 0.1) is 6.04 Å². The molecule has 134 valence electrons. The minimum absolute atomic E-state index is 0.217. The van der Waals surface area contributed by atoms with Crippen LogP contribution >= 0.6 is 0 Å². The lowest BCUT2D eigenvalue weighted by atomic mass is 9.98. The summed E-state index contributed by atoms with van der Waals surface area (Å²) in [5.74, 6) is -2.27. The second-order valence-corrected chi connectivity index (χ2v) is 5.84. The molecule has 0 spiro atoms. The third-order valence-corrected chi connectivity index (χ3v) is 3.77. The van der Waals surface area contributed by atoms with Crippen molar-refractivity contribution in [2.75, 3.05) is 6.54 Å². The molecule has 0 heterocycles. The van der Waals surface area contributed by atoms with Crippen LogP contribution in [-0.4, -0.2) is 47.6 Å². The van der Waals surface area contributed by atoms with Gasteiger partial charge in [0.25, 0.3) is 0 Å². The molecule has 0 aliphatic heterocycles. The number of amides is 2. The minimum Gasteiger partial charge on any atom is -0.480 e. The van der Waals surface area contributed by atoms with Gasteiger partial charge >= 0.3 is 5.97 Å². The fourth-order valence-electron chi connectivity index (χ4n) is 2.00. The van der Waals surface area contributed by atoms with Gasteiger partial charge in [0.1, 0.15) is 12.1 Å². The average Bonchev–Trinajstić information content (AvgIpc) is 2.50. The number of carboxylic acid groups (broad SMARTS) is 1. The van der Waals surface area contributed by atoms with Crippen molar-refractivity contribution in [1.82, 2.24) is 10.6 Å². The van der Waals surface area contributed by atoms with Crippen LogP contribution in [0.15, 0.2) is 0 Å².